The van der Waals surface area contributed by atoms with Gasteiger partial charge in [0.15, 0.2) is 5.84 Å². The summed E-state index contributed by atoms with van der Waals surface area (Å²) < 4.78 is 38.6. The van der Waals surface area contributed by atoms with Crippen LogP contribution in [0.3, 0.4) is 0 Å². The number of alkyl halides is 3. The molecule has 1 unspecified atom stereocenters. The first-order valence-electron chi connectivity index (χ1n) is 10.5. The van der Waals surface area contributed by atoms with E-state index in [-0.39, 0.29) is 17.9 Å². The molecule has 34 heavy (non-hydrogen) atoms. The number of benzene rings is 1. The highest BCUT2D eigenvalue weighted by atomic mass is 32.2. The van der Waals surface area contributed by atoms with Gasteiger partial charge >= 0.3 is 6.18 Å². The first kappa shape index (κ1) is 28.1. The normalized spacial score (nSPS) is 13.4. The molecule has 2 rings (SSSR count). The first-order valence-corrected chi connectivity index (χ1v) is 12.5. The zero-order chi connectivity index (χ0) is 25.3. The maximum atomic E-state index is 12.9. The van der Waals surface area contributed by atoms with E-state index in [0.29, 0.717) is 12.3 Å². The van der Waals surface area contributed by atoms with Crippen LogP contribution in [0.2, 0.25) is 0 Å². The molecule has 1 heterocycles. The van der Waals surface area contributed by atoms with Crippen LogP contribution in [0, 0.1) is 17.0 Å². The molecule has 0 aliphatic rings. The molecule has 2 N–H and O–H groups in total. The van der Waals surface area contributed by atoms with Gasteiger partial charge in [0.05, 0.1) is 18.2 Å². The minimum atomic E-state index is -4.52. The van der Waals surface area contributed by atoms with Crippen LogP contribution in [0.15, 0.2) is 34.6 Å². The topological polar surface area (TPSA) is 91.0 Å². The van der Waals surface area contributed by atoms with Crippen LogP contribution in [-0.2, 0) is 18.5 Å². The van der Waals surface area contributed by atoms with Crippen LogP contribution in [0.25, 0.3) is 0 Å². The smallest absolute Gasteiger partial charge is 0.386 e. The molecule has 0 bridgehead atoms. The second-order valence-corrected chi connectivity index (χ2v) is 10.0. The molecule has 12 heteroatoms. The highest BCUT2D eigenvalue weighted by Crippen LogP contribution is 2.31. The lowest BCUT2D eigenvalue weighted by Crippen LogP contribution is -2.32. The molecule has 2 aromatic rings. The number of thiophene rings is 1. The third-order valence-corrected chi connectivity index (χ3v) is 7.12. The molecule has 188 valence electrons. The molecule has 0 saturated heterocycles. The zero-order valence-corrected chi connectivity index (χ0v) is 20.9. The Hall–Kier alpha value is -2.15. The van der Waals surface area contributed by atoms with Gasteiger partial charge in [-0.2, -0.15) is 24.9 Å². The quantitative estimate of drug-likeness (QED) is 0.143. The Bertz CT molecular complexity index is 981. The lowest BCUT2D eigenvalue weighted by Gasteiger charge is -2.13. The van der Waals surface area contributed by atoms with E-state index in [4.69, 9.17) is 0 Å². The van der Waals surface area contributed by atoms with Crippen LogP contribution in [0.1, 0.15) is 33.2 Å². The van der Waals surface area contributed by atoms with Crippen LogP contribution in [-0.4, -0.2) is 60.2 Å². The average Bonchev–Trinajstić information content (AvgIpc) is 3.09. The van der Waals surface area contributed by atoms with Crippen molar-refractivity contribution in [2.24, 2.45) is 4.99 Å². The van der Waals surface area contributed by atoms with E-state index in [1.807, 2.05) is 14.1 Å². The Labute approximate surface area is 205 Å². The van der Waals surface area contributed by atoms with Crippen molar-refractivity contribution >= 4 is 28.9 Å². The van der Waals surface area contributed by atoms with Crippen molar-refractivity contribution < 1.29 is 23.2 Å². The van der Waals surface area contributed by atoms with Gasteiger partial charge in [0.2, 0.25) is 0 Å². The molecule has 7 nitrogen and oxygen atoms in total. The number of nitrogens with one attached hydrogen (secondary N) is 1. The van der Waals surface area contributed by atoms with Gasteiger partial charge in [0.1, 0.15) is 0 Å². The summed E-state index contributed by atoms with van der Waals surface area (Å²) >= 11 is 3.42. The molecule has 0 spiro atoms. The van der Waals surface area contributed by atoms with Gasteiger partial charge in [-0.05, 0) is 55.2 Å². The molecule has 0 saturated carbocycles. The van der Waals surface area contributed by atoms with Gasteiger partial charge in [-0.3, -0.25) is 15.1 Å². The summed E-state index contributed by atoms with van der Waals surface area (Å²) in [5.74, 6) is 1.60. The number of aliphatic hydroxyl groups is 1. The predicted octanol–water partition coefficient (Wildman–Crippen LogP) is 4.37. The SMILES string of the molecule is Cc1csc(CSCCNC(C[N+](=O)[O-])=NCC(O)c2cccc(C(F)(F)F)c2)c1CN(C)C. The van der Waals surface area contributed by atoms with Crippen molar-refractivity contribution in [1.29, 1.82) is 0 Å². The summed E-state index contributed by atoms with van der Waals surface area (Å²) in [6.45, 7) is 2.56. The molecule has 0 fully saturated rings. The van der Waals surface area contributed by atoms with Crippen molar-refractivity contribution in [2.45, 2.75) is 31.5 Å². The van der Waals surface area contributed by atoms with E-state index in [2.05, 4.69) is 27.5 Å². The van der Waals surface area contributed by atoms with Crippen molar-refractivity contribution in [3.63, 3.8) is 0 Å². The maximum absolute atomic E-state index is 12.9. The summed E-state index contributed by atoms with van der Waals surface area (Å²) in [5, 5.41) is 26.3. The summed E-state index contributed by atoms with van der Waals surface area (Å²) in [6.07, 6.45) is -5.83. The lowest BCUT2D eigenvalue weighted by molar-refractivity contribution is -0.463. The number of hydrogen-bond acceptors (Lipinski definition) is 7. The number of thioether (sulfide) groups is 1. The van der Waals surface area contributed by atoms with Crippen molar-refractivity contribution in [3.8, 4) is 0 Å². The molecule has 1 aromatic carbocycles. The fourth-order valence-corrected chi connectivity index (χ4v) is 5.21. The Morgan fingerprint density at radius 3 is 2.76 bits per heavy atom. The molecule has 0 amide bonds. The molecular formula is C22H29F3N4O3S2. The lowest BCUT2D eigenvalue weighted by atomic mass is 10.1. The zero-order valence-electron chi connectivity index (χ0n) is 19.3. The monoisotopic (exact) mass is 518 g/mol. The van der Waals surface area contributed by atoms with E-state index < -0.39 is 29.3 Å². The standard InChI is InChI=1S/C22H29F3N4O3S2/c1-15-13-34-20(18(15)11-28(2)3)14-33-8-7-26-21(12-29(31)32)27-10-19(30)16-5-4-6-17(9-16)22(23,24)25/h4-6,9,13,19,30H,7-8,10-12,14H2,1-3H3,(H,26,27). The summed E-state index contributed by atoms with van der Waals surface area (Å²) in [7, 11) is 4.05. The van der Waals surface area contributed by atoms with Crippen LogP contribution >= 0.6 is 23.1 Å². The third-order valence-electron chi connectivity index (χ3n) is 4.81. The van der Waals surface area contributed by atoms with Crippen LogP contribution < -0.4 is 5.32 Å². The van der Waals surface area contributed by atoms with Crippen LogP contribution in [0.4, 0.5) is 13.2 Å². The number of rotatable bonds is 12. The Morgan fingerprint density at radius 1 is 1.38 bits per heavy atom. The Morgan fingerprint density at radius 2 is 2.12 bits per heavy atom. The first-order chi connectivity index (χ1) is 16.0. The van der Waals surface area contributed by atoms with Crippen molar-refractivity contribution in [2.75, 3.05) is 39.5 Å². The van der Waals surface area contributed by atoms with E-state index >= 15 is 0 Å². The third kappa shape index (κ3) is 9.24. The van der Waals surface area contributed by atoms with Gasteiger partial charge < -0.3 is 15.3 Å². The van der Waals surface area contributed by atoms with Gasteiger partial charge in [-0.1, -0.05) is 12.1 Å². The minimum absolute atomic E-state index is 0.0503. The number of nitrogens with zero attached hydrogens (tertiary/aromatic N) is 3. The molecule has 1 atom stereocenters. The number of amidine groups is 1. The molecule has 0 aliphatic heterocycles. The highest BCUT2D eigenvalue weighted by molar-refractivity contribution is 7.98. The summed E-state index contributed by atoms with van der Waals surface area (Å²) in [4.78, 5) is 17.9. The fourth-order valence-electron chi connectivity index (χ4n) is 3.11. The number of aryl methyl sites for hydroxylation is 1. The summed E-state index contributed by atoms with van der Waals surface area (Å²) in [5.41, 5.74) is 1.78. The van der Waals surface area contributed by atoms with Gasteiger partial charge in [-0.15, -0.1) is 11.3 Å². The maximum Gasteiger partial charge on any atom is 0.416 e. The van der Waals surface area contributed by atoms with E-state index in [1.165, 1.54) is 28.1 Å². The Kier molecular flexibility index (Phi) is 10.8. The molecule has 0 aliphatic carbocycles. The van der Waals surface area contributed by atoms with E-state index in [1.54, 1.807) is 23.1 Å². The van der Waals surface area contributed by atoms with Gasteiger partial charge in [-0.25, -0.2) is 0 Å². The molecular weight excluding hydrogens is 489 g/mol. The highest BCUT2D eigenvalue weighted by Gasteiger charge is 2.30. The molecule has 0 radical (unpaired) electrons. The minimum Gasteiger partial charge on any atom is -0.386 e. The largest absolute Gasteiger partial charge is 0.416 e. The second kappa shape index (κ2) is 13.1. The number of aliphatic imine (C=N–C) groups is 1. The van der Waals surface area contributed by atoms with Crippen LogP contribution in [0.5, 0.6) is 0 Å². The van der Waals surface area contributed by atoms with Gasteiger partial charge in [0.25, 0.3) is 6.54 Å². The van der Waals surface area contributed by atoms with E-state index in [9.17, 15) is 28.4 Å². The number of nitro groups is 1. The number of halogens is 3. The van der Waals surface area contributed by atoms with Gasteiger partial charge in [0, 0.05) is 34.4 Å². The number of hydrogen-bond donors (Lipinski definition) is 2. The Balaban J connectivity index is 1.90. The van der Waals surface area contributed by atoms with Crippen molar-refractivity contribution in [3.05, 3.63) is 66.9 Å². The fraction of sp³-hybridized carbons (Fsp3) is 0.500. The molecule has 1 aromatic heterocycles. The summed E-state index contributed by atoms with van der Waals surface area (Å²) in [6, 6.07) is 4.34. The number of aliphatic hydroxyl groups excluding tert-OH is 1. The van der Waals surface area contributed by atoms with E-state index in [0.717, 1.165) is 24.4 Å². The predicted molar refractivity (Wildman–Crippen MR) is 131 cm³/mol. The average molecular weight is 519 g/mol. The van der Waals surface area contributed by atoms with Crippen molar-refractivity contribution in [1.82, 2.24) is 10.2 Å². The second-order valence-electron chi connectivity index (χ2n) is 7.95.